The third kappa shape index (κ3) is 36.9. The van der Waals surface area contributed by atoms with E-state index < -0.39 is 4.30 Å². The molecule has 0 aromatic rings. The molecule has 0 saturated heterocycles. The molecule has 10 heavy (non-hydrogen) atoms. The summed E-state index contributed by atoms with van der Waals surface area (Å²) in [6.07, 6.45) is 0. The minimum Gasteiger partial charge on any atom is -0.379 e. The van der Waals surface area contributed by atoms with Gasteiger partial charge in [-0.1, -0.05) is 34.8 Å². The SMILES string of the molecule is COC(C)(C)C.ClC(Cl)Cl. The zero-order chi connectivity index (χ0) is 8.78. The molecule has 0 atom stereocenters. The van der Waals surface area contributed by atoms with Gasteiger partial charge in [-0.25, -0.2) is 0 Å². The van der Waals surface area contributed by atoms with Gasteiger partial charge in [-0.3, -0.25) is 0 Å². The fraction of sp³-hybridized carbons (Fsp3) is 1.00. The number of methoxy groups -OCH3 is 1. The van der Waals surface area contributed by atoms with E-state index >= 15 is 0 Å². The Morgan fingerprint density at radius 2 is 1.20 bits per heavy atom. The van der Waals surface area contributed by atoms with E-state index in [2.05, 4.69) is 0 Å². The van der Waals surface area contributed by atoms with Gasteiger partial charge in [0.25, 0.3) is 0 Å². The molecule has 0 spiro atoms. The standard InChI is InChI=1S/C5H12O.CHCl3/c1-5(2,3)6-4;2-1(3)4/h1-4H3;1H. The number of alkyl halides is 3. The Balaban J connectivity index is 0. The summed E-state index contributed by atoms with van der Waals surface area (Å²) in [5.74, 6) is 0. The molecule has 0 aromatic carbocycles. The molecule has 0 aliphatic rings. The summed E-state index contributed by atoms with van der Waals surface area (Å²) in [7, 11) is 1.71. The van der Waals surface area contributed by atoms with Gasteiger partial charge in [0.2, 0.25) is 0 Å². The van der Waals surface area contributed by atoms with E-state index in [-0.39, 0.29) is 5.60 Å². The number of halogens is 3. The van der Waals surface area contributed by atoms with Crippen molar-refractivity contribution in [2.24, 2.45) is 0 Å². The Morgan fingerprint density at radius 1 is 1.10 bits per heavy atom. The van der Waals surface area contributed by atoms with Crippen molar-refractivity contribution in [2.45, 2.75) is 30.7 Å². The van der Waals surface area contributed by atoms with Crippen molar-refractivity contribution in [3.05, 3.63) is 0 Å². The Labute approximate surface area is 77.6 Å². The van der Waals surface area contributed by atoms with Crippen molar-refractivity contribution in [3.8, 4) is 0 Å². The molecule has 0 bridgehead atoms. The normalized spacial score (nSPS) is 10.8. The van der Waals surface area contributed by atoms with Gasteiger partial charge in [0.15, 0.2) is 4.30 Å². The lowest BCUT2D eigenvalue weighted by Crippen LogP contribution is -2.15. The Bertz CT molecular complexity index is 65.1. The van der Waals surface area contributed by atoms with Crippen molar-refractivity contribution < 1.29 is 4.74 Å². The molecule has 0 N–H and O–H groups in total. The molecule has 0 amide bonds. The van der Waals surface area contributed by atoms with Gasteiger partial charge >= 0.3 is 0 Å². The van der Waals surface area contributed by atoms with Crippen molar-refractivity contribution in [2.75, 3.05) is 7.11 Å². The highest BCUT2D eigenvalue weighted by molar-refractivity contribution is 6.63. The van der Waals surface area contributed by atoms with Crippen LogP contribution in [0, 0.1) is 0 Å². The highest BCUT2D eigenvalue weighted by Gasteiger charge is 2.03. The molecule has 0 aliphatic carbocycles. The van der Waals surface area contributed by atoms with E-state index in [1.165, 1.54) is 0 Å². The maximum absolute atomic E-state index is 4.94. The summed E-state index contributed by atoms with van der Waals surface area (Å²) < 4.78 is 4.19. The topological polar surface area (TPSA) is 9.23 Å². The van der Waals surface area contributed by atoms with Crippen LogP contribution < -0.4 is 0 Å². The Hall–Kier alpha value is 0.830. The molecule has 0 rings (SSSR count). The van der Waals surface area contributed by atoms with Crippen molar-refractivity contribution in [1.29, 1.82) is 0 Å². The molecule has 1 nitrogen and oxygen atoms in total. The summed E-state index contributed by atoms with van der Waals surface area (Å²) in [5.41, 5.74) is 0.0417. The molecule has 0 unspecified atom stereocenters. The Kier molecular flexibility index (Phi) is 8.77. The van der Waals surface area contributed by atoms with Crippen LogP contribution in [0.4, 0.5) is 0 Å². The number of rotatable bonds is 0. The van der Waals surface area contributed by atoms with E-state index in [1.807, 2.05) is 20.8 Å². The van der Waals surface area contributed by atoms with Crippen molar-refractivity contribution >= 4 is 34.8 Å². The van der Waals surface area contributed by atoms with Gasteiger partial charge in [0.05, 0.1) is 5.60 Å². The quantitative estimate of drug-likeness (QED) is 0.553. The van der Waals surface area contributed by atoms with Gasteiger partial charge in [0.1, 0.15) is 0 Å². The summed E-state index contributed by atoms with van der Waals surface area (Å²) in [6, 6.07) is 0. The molecule has 64 valence electrons. The number of hydrogen-bond acceptors (Lipinski definition) is 1. The van der Waals surface area contributed by atoms with Crippen LogP contribution in [0.25, 0.3) is 0 Å². The predicted molar refractivity (Wildman–Crippen MR) is 48.1 cm³/mol. The fourth-order valence-electron chi connectivity index (χ4n) is 0. The smallest absolute Gasteiger partial charge is 0.180 e. The van der Waals surface area contributed by atoms with Gasteiger partial charge in [-0.2, -0.15) is 0 Å². The third-order valence-corrected chi connectivity index (χ3v) is 0.612. The van der Waals surface area contributed by atoms with Crippen LogP contribution in [0.5, 0.6) is 0 Å². The average Bonchev–Trinajstić information content (AvgIpc) is 1.63. The summed E-state index contributed by atoms with van der Waals surface area (Å²) >= 11 is 14.4. The summed E-state index contributed by atoms with van der Waals surface area (Å²) in [4.78, 5) is 0. The second kappa shape index (κ2) is 6.53. The maximum atomic E-state index is 4.94. The molecule has 0 heterocycles. The lowest BCUT2D eigenvalue weighted by Gasteiger charge is -2.14. The van der Waals surface area contributed by atoms with Crippen LogP contribution in [0.15, 0.2) is 0 Å². The minimum absolute atomic E-state index is 0.0417. The molecular formula is C6H13Cl3O. The molecule has 0 aromatic heterocycles. The van der Waals surface area contributed by atoms with Crippen LogP contribution in [0.1, 0.15) is 20.8 Å². The Morgan fingerprint density at radius 3 is 1.20 bits per heavy atom. The lowest BCUT2D eigenvalue weighted by atomic mass is 10.2. The van der Waals surface area contributed by atoms with Crippen molar-refractivity contribution in [1.82, 2.24) is 0 Å². The van der Waals surface area contributed by atoms with Gasteiger partial charge < -0.3 is 4.74 Å². The molecule has 4 heteroatoms. The summed E-state index contributed by atoms with van der Waals surface area (Å²) in [6.45, 7) is 6.06. The van der Waals surface area contributed by atoms with Gasteiger partial charge in [-0.15, -0.1) is 0 Å². The van der Waals surface area contributed by atoms with E-state index in [9.17, 15) is 0 Å². The second-order valence-corrected chi connectivity index (χ2v) is 4.54. The van der Waals surface area contributed by atoms with Crippen LogP contribution >= 0.6 is 34.8 Å². The predicted octanol–water partition coefficient (Wildman–Crippen LogP) is 3.42. The van der Waals surface area contributed by atoms with E-state index in [0.29, 0.717) is 0 Å². The molecule has 0 saturated carbocycles. The fourth-order valence-corrected chi connectivity index (χ4v) is 0. The first-order valence-electron chi connectivity index (χ1n) is 2.77. The highest BCUT2D eigenvalue weighted by Crippen LogP contribution is 2.03. The van der Waals surface area contributed by atoms with Gasteiger partial charge in [0, 0.05) is 7.11 Å². The first-order chi connectivity index (χ1) is 4.29. The second-order valence-electron chi connectivity index (χ2n) is 2.56. The highest BCUT2D eigenvalue weighted by atomic mass is 35.6. The maximum Gasteiger partial charge on any atom is 0.180 e. The minimum atomic E-state index is -0.750. The van der Waals surface area contributed by atoms with E-state index in [4.69, 9.17) is 39.5 Å². The number of hydrogen-bond donors (Lipinski definition) is 0. The molecule has 0 radical (unpaired) electrons. The molecule has 0 fully saturated rings. The zero-order valence-electron chi connectivity index (χ0n) is 6.62. The van der Waals surface area contributed by atoms with Crippen LogP contribution in [-0.2, 0) is 4.74 Å². The zero-order valence-corrected chi connectivity index (χ0v) is 8.89. The van der Waals surface area contributed by atoms with Crippen LogP contribution in [-0.4, -0.2) is 17.0 Å². The van der Waals surface area contributed by atoms with E-state index in [0.717, 1.165) is 0 Å². The molecule has 0 aliphatic heterocycles. The summed E-state index contributed by atoms with van der Waals surface area (Å²) in [5, 5.41) is 0. The van der Waals surface area contributed by atoms with E-state index in [1.54, 1.807) is 7.11 Å². The molecular weight excluding hydrogens is 194 g/mol. The third-order valence-electron chi connectivity index (χ3n) is 0.612. The van der Waals surface area contributed by atoms with Crippen molar-refractivity contribution in [3.63, 3.8) is 0 Å². The van der Waals surface area contributed by atoms with Crippen LogP contribution in [0.2, 0.25) is 0 Å². The first kappa shape index (κ1) is 13.4. The van der Waals surface area contributed by atoms with Gasteiger partial charge in [-0.05, 0) is 20.8 Å². The first-order valence-corrected chi connectivity index (χ1v) is 4.08. The lowest BCUT2D eigenvalue weighted by molar-refractivity contribution is 0.0397. The largest absolute Gasteiger partial charge is 0.379 e. The number of ether oxygens (including phenoxy) is 1. The average molecular weight is 208 g/mol. The van der Waals surface area contributed by atoms with Crippen LogP contribution in [0.3, 0.4) is 0 Å². The monoisotopic (exact) mass is 206 g/mol.